The summed E-state index contributed by atoms with van der Waals surface area (Å²) in [4.78, 5) is 61.1. The summed E-state index contributed by atoms with van der Waals surface area (Å²) < 4.78 is 0. The van der Waals surface area contributed by atoms with Crippen LogP contribution >= 0.6 is 12.6 Å². The lowest BCUT2D eigenvalue weighted by atomic mass is 10.00. The zero-order valence-corrected chi connectivity index (χ0v) is 22.7. The summed E-state index contributed by atoms with van der Waals surface area (Å²) in [5.41, 5.74) is 7.92. The van der Waals surface area contributed by atoms with Crippen LogP contribution in [0.2, 0.25) is 0 Å². The number of carbonyl (C=O) groups is 4. The molecule has 0 aliphatic heterocycles. The summed E-state index contributed by atoms with van der Waals surface area (Å²) in [7, 11) is 0. The first-order valence-electron chi connectivity index (χ1n) is 12.6. The fourth-order valence-electron chi connectivity index (χ4n) is 4.16. The van der Waals surface area contributed by atoms with Gasteiger partial charge < -0.3 is 36.8 Å². The topological polar surface area (TPSA) is 195 Å². The van der Waals surface area contributed by atoms with E-state index >= 15 is 0 Å². The molecule has 0 aliphatic carbocycles. The molecule has 2 aromatic heterocycles. The van der Waals surface area contributed by atoms with Gasteiger partial charge in [0.25, 0.3) is 0 Å². The average molecular weight is 558 g/mol. The van der Waals surface area contributed by atoms with Crippen LogP contribution in [0.4, 0.5) is 0 Å². The Kier molecular flexibility index (Phi) is 10.5. The second-order valence-corrected chi connectivity index (χ2v) is 10.2. The van der Waals surface area contributed by atoms with Crippen molar-refractivity contribution in [1.82, 2.24) is 30.9 Å². The predicted molar refractivity (Wildman–Crippen MR) is 149 cm³/mol. The molecule has 0 bridgehead atoms. The minimum atomic E-state index is -1.26. The number of fused-ring (bicyclic) bond motifs is 1. The lowest BCUT2D eigenvalue weighted by Crippen LogP contribution is -2.58. The Balaban J connectivity index is 1.86. The average Bonchev–Trinajstić information content (AvgIpc) is 3.56. The van der Waals surface area contributed by atoms with Crippen molar-refractivity contribution in [1.29, 1.82) is 0 Å². The summed E-state index contributed by atoms with van der Waals surface area (Å²) in [6, 6.07) is 3.24. The highest BCUT2D eigenvalue weighted by atomic mass is 32.1. The molecule has 3 rings (SSSR count). The van der Waals surface area contributed by atoms with Gasteiger partial charge in [0.1, 0.15) is 18.1 Å². The lowest BCUT2D eigenvalue weighted by molar-refractivity contribution is -0.142. The van der Waals surface area contributed by atoms with Gasteiger partial charge in [-0.3, -0.25) is 14.4 Å². The van der Waals surface area contributed by atoms with E-state index in [1.807, 2.05) is 38.1 Å². The number of aliphatic carboxylic acids is 1. The molecule has 210 valence electrons. The fourth-order valence-corrected chi connectivity index (χ4v) is 4.32. The van der Waals surface area contributed by atoms with Gasteiger partial charge in [0, 0.05) is 47.6 Å². The number of imidazole rings is 1. The second-order valence-electron chi connectivity index (χ2n) is 9.78. The Morgan fingerprint density at radius 1 is 0.974 bits per heavy atom. The number of aromatic nitrogens is 3. The van der Waals surface area contributed by atoms with E-state index in [0.29, 0.717) is 12.1 Å². The molecule has 12 nitrogen and oxygen atoms in total. The van der Waals surface area contributed by atoms with Crippen LogP contribution in [0.5, 0.6) is 0 Å². The van der Waals surface area contributed by atoms with Crippen molar-refractivity contribution in [3.05, 3.63) is 54.2 Å². The van der Waals surface area contributed by atoms with Gasteiger partial charge >= 0.3 is 5.97 Å². The quantitative estimate of drug-likeness (QED) is 0.132. The smallest absolute Gasteiger partial charge is 0.326 e. The van der Waals surface area contributed by atoms with E-state index in [9.17, 15) is 24.3 Å². The first-order chi connectivity index (χ1) is 18.6. The Morgan fingerprint density at radius 3 is 2.28 bits per heavy atom. The van der Waals surface area contributed by atoms with Crippen LogP contribution in [0.25, 0.3) is 10.9 Å². The minimum absolute atomic E-state index is 0.0253. The maximum atomic E-state index is 13.5. The molecule has 39 heavy (non-hydrogen) atoms. The molecule has 3 amide bonds. The molecule has 0 radical (unpaired) electrons. The number of thiol groups is 1. The predicted octanol–water partition coefficient (Wildman–Crippen LogP) is 0.518. The van der Waals surface area contributed by atoms with Gasteiger partial charge in [-0.05, 0) is 24.0 Å². The Bertz CT molecular complexity index is 1280. The third kappa shape index (κ3) is 8.32. The molecular formula is C26H35N7O5S. The first kappa shape index (κ1) is 29.7. The van der Waals surface area contributed by atoms with Gasteiger partial charge in [-0.25, -0.2) is 9.78 Å². The van der Waals surface area contributed by atoms with Crippen LogP contribution in [0, 0.1) is 5.92 Å². The van der Waals surface area contributed by atoms with Crippen molar-refractivity contribution in [3.8, 4) is 0 Å². The van der Waals surface area contributed by atoms with Crippen LogP contribution in [-0.2, 0) is 32.0 Å². The van der Waals surface area contributed by atoms with Crippen molar-refractivity contribution >= 4 is 47.2 Å². The number of amides is 3. The van der Waals surface area contributed by atoms with E-state index in [4.69, 9.17) is 5.73 Å². The zero-order valence-electron chi connectivity index (χ0n) is 21.8. The summed E-state index contributed by atoms with van der Waals surface area (Å²) in [6.07, 6.45) is 4.99. The van der Waals surface area contributed by atoms with Gasteiger partial charge in [-0.2, -0.15) is 12.6 Å². The third-order valence-corrected chi connectivity index (χ3v) is 6.59. The molecule has 4 unspecified atom stereocenters. The van der Waals surface area contributed by atoms with Crippen molar-refractivity contribution < 1.29 is 24.3 Å². The zero-order chi connectivity index (χ0) is 28.5. The number of aromatic amines is 2. The maximum absolute atomic E-state index is 13.5. The number of hydrogen-bond donors (Lipinski definition) is 8. The number of para-hydroxylation sites is 1. The number of carbonyl (C=O) groups excluding carboxylic acids is 3. The molecular weight excluding hydrogens is 522 g/mol. The Hall–Kier alpha value is -3.84. The van der Waals surface area contributed by atoms with Crippen LogP contribution in [0.15, 0.2) is 43.0 Å². The standard InChI is InChI=1S/C26H35N7O5S/c1-14(2)7-20(31-23(34)18(27)12-39)24(35)32-21(8-15-10-29-19-6-4-3-5-17(15)19)25(36)33-22(26(37)38)9-16-11-28-13-30-16/h3-6,10-11,13-14,18,20-22,29,39H,7-9,12,27H2,1-2H3,(H,28,30)(H,31,34)(H,32,35)(H,33,36)(H,37,38). The summed E-state index contributed by atoms with van der Waals surface area (Å²) in [5, 5.41) is 18.5. The van der Waals surface area contributed by atoms with Crippen molar-refractivity contribution in [3.63, 3.8) is 0 Å². The number of hydrogen-bond acceptors (Lipinski definition) is 7. The van der Waals surface area contributed by atoms with Gasteiger partial charge in [-0.1, -0.05) is 32.0 Å². The van der Waals surface area contributed by atoms with Crippen LogP contribution in [0.3, 0.4) is 0 Å². The van der Waals surface area contributed by atoms with Gasteiger partial charge in [0.15, 0.2) is 0 Å². The van der Waals surface area contributed by atoms with E-state index in [2.05, 4.69) is 43.5 Å². The molecule has 0 spiro atoms. The Labute approximate surface area is 231 Å². The van der Waals surface area contributed by atoms with E-state index in [0.717, 1.165) is 16.5 Å². The minimum Gasteiger partial charge on any atom is -0.480 e. The Morgan fingerprint density at radius 2 is 1.64 bits per heavy atom. The maximum Gasteiger partial charge on any atom is 0.326 e. The number of carboxylic acid groups (broad SMARTS) is 1. The summed E-state index contributed by atoms with van der Waals surface area (Å²) in [6.45, 7) is 3.79. The molecule has 13 heteroatoms. The van der Waals surface area contributed by atoms with Crippen molar-refractivity contribution in [2.45, 2.75) is 57.3 Å². The molecule has 0 saturated heterocycles. The highest BCUT2D eigenvalue weighted by Crippen LogP contribution is 2.19. The van der Waals surface area contributed by atoms with E-state index in [-0.39, 0.29) is 24.5 Å². The molecule has 2 heterocycles. The van der Waals surface area contributed by atoms with Gasteiger partial charge in [-0.15, -0.1) is 0 Å². The van der Waals surface area contributed by atoms with Crippen LogP contribution in [0.1, 0.15) is 31.5 Å². The molecule has 0 aliphatic rings. The van der Waals surface area contributed by atoms with Crippen LogP contribution < -0.4 is 21.7 Å². The SMILES string of the molecule is CC(C)CC(NC(=O)C(N)CS)C(=O)NC(Cc1c[nH]c2ccccc12)C(=O)NC(Cc1cnc[nH]1)C(=O)O. The highest BCUT2D eigenvalue weighted by molar-refractivity contribution is 7.80. The third-order valence-electron chi connectivity index (χ3n) is 6.20. The summed E-state index contributed by atoms with van der Waals surface area (Å²) in [5.74, 6) is -2.89. The van der Waals surface area contributed by atoms with E-state index < -0.39 is 47.9 Å². The van der Waals surface area contributed by atoms with Crippen LogP contribution in [-0.4, -0.2) is 73.7 Å². The number of rotatable bonds is 14. The van der Waals surface area contributed by atoms with Crippen molar-refractivity contribution in [2.24, 2.45) is 11.7 Å². The van der Waals surface area contributed by atoms with E-state index in [1.165, 1.54) is 12.5 Å². The molecule has 8 N–H and O–H groups in total. The number of carboxylic acids is 1. The fraction of sp³-hybridized carbons (Fsp3) is 0.423. The molecule has 4 atom stereocenters. The molecule has 0 saturated carbocycles. The lowest BCUT2D eigenvalue weighted by Gasteiger charge is -2.26. The summed E-state index contributed by atoms with van der Waals surface area (Å²) >= 11 is 4.04. The second kappa shape index (κ2) is 13.8. The molecule has 1 aromatic carbocycles. The highest BCUT2D eigenvalue weighted by Gasteiger charge is 2.31. The first-order valence-corrected chi connectivity index (χ1v) is 13.2. The number of benzene rings is 1. The largest absolute Gasteiger partial charge is 0.480 e. The monoisotopic (exact) mass is 557 g/mol. The number of nitrogens with one attached hydrogen (secondary N) is 5. The normalized spacial score (nSPS) is 14.4. The van der Waals surface area contributed by atoms with Gasteiger partial charge in [0.2, 0.25) is 17.7 Å². The number of nitrogens with zero attached hydrogens (tertiary/aromatic N) is 1. The van der Waals surface area contributed by atoms with Crippen molar-refractivity contribution in [2.75, 3.05) is 5.75 Å². The molecule has 0 fully saturated rings. The van der Waals surface area contributed by atoms with Gasteiger partial charge in [0.05, 0.1) is 12.4 Å². The van der Waals surface area contributed by atoms with E-state index in [1.54, 1.807) is 6.20 Å². The number of nitrogens with two attached hydrogens (primary N) is 1. The number of H-pyrrole nitrogens is 2. The molecule has 3 aromatic rings.